The largest absolute Gasteiger partial charge is 0.330 e. The lowest BCUT2D eigenvalue weighted by molar-refractivity contribution is -0.119. The van der Waals surface area contributed by atoms with Gasteiger partial charge >= 0.3 is 0 Å². The van der Waals surface area contributed by atoms with Gasteiger partial charge in [0.2, 0.25) is 5.91 Å². The number of rotatable bonds is 5. The zero-order valence-electron chi connectivity index (χ0n) is 10.5. The van der Waals surface area contributed by atoms with Crippen molar-refractivity contribution in [2.75, 3.05) is 11.9 Å². The molecule has 0 bridgehead atoms. The number of nitrogens with two attached hydrogens (primary N) is 1. The predicted molar refractivity (Wildman–Crippen MR) is 75.1 cm³/mol. The molecule has 1 atom stereocenters. The van der Waals surface area contributed by atoms with E-state index in [1.54, 1.807) is 6.07 Å². The second-order valence-corrected chi connectivity index (χ2v) is 4.99. The molecular formula is C12H17Cl2N3O. The number of hydrogen-bond acceptors (Lipinski definition) is 3. The van der Waals surface area contributed by atoms with Crippen molar-refractivity contribution in [3.63, 3.8) is 0 Å². The molecule has 1 rings (SSSR count). The minimum absolute atomic E-state index is 0.0856. The number of aromatic nitrogens is 1. The van der Waals surface area contributed by atoms with Gasteiger partial charge in [-0.15, -0.1) is 0 Å². The second kappa shape index (κ2) is 6.92. The molecule has 100 valence electrons. The van der Waals surface area contributed by atoms with E-state index in [9.17, 15) is 4.79 Å². The van der Waals surface area contributed by atoms with Gasteiger partial charge in [0, 0.05) is 5.92 Å². The third-order valence-corrected chi connectivity index (χ3v) is 3.15. The van der Waals surface area contributed by atoms with Crippen molar-refractivity contribution < 1.29 is 4.79 Å². The van der Waals surface area contributed by atoms with Crippen LogP contribution in [-0.2, 0) is 4.79 Å². The average molecular weight is 290 g/mol. The van der Waals surface area contributed by atoms with Gasteiger partial charge in [-0.05, 0) is 37.9 Å². The molecular weight excluding hydrogens is 273 g/mol. The summed E-state index contributed by atoms with van der Waals surface area (Å²) in [6, 6.07) is 1.66. The summed E-state index contributed by atoms with van der Waals surface area (Å²) in [5.41, 5.74) is 6.73. The van der Waals surface area contributed by atoms with Crippen molar-refractivity contribution >= 4 is 34.8 Å². The van der Waals surface area contributed by atoms with Gasteiger partial charge in [0.15, 0.2) is 5.15 Å². The molecule has 1 amide bonds. The van der Waals surface area contributed by atoms with Gasteiger partial charge in [0.05, 0.1) is 5.69 Å². The Labute approximate surface area is 117 Å². The maximum atomic E-state index is 11.9. The molecule has 0 radical (unpaired) electrons. The predicted octanol–water partition coefficient (Wildman–Crippen LogP) is 3.01. The van der Waals surface area contributed by atoms with Crippen LogP contribution < -0.4 is 11.1 Å². The number of halogens is 2. The summed E-state index contributed by atoms with van der Waals surface area (Å²) >= 11 is 11.7. The Kier molecular flexibility index (Phi) is 5.85. The smallest absolute Gasteiger partial charge is 0.227 e. The first-order valence-electron chi connectivity index (χ1n) is 5.79. The first kappa shape index (κ1) is 15.2. The van der Waals surface area contributed by atoms with Gasteiger partial charge in [-0.2, -0.15) is 0 Å². The molecule has 3 N–H and O–H groups in total. The van der Waals surface area contributed by atoms with E-state index in [4.69, 9.17) is 28.9 Å². The molecule has 0 aliphatic rings. The molecule has 0 aliphatic carbocycles. The molecule has 18 heavy (non-hydrogen) atoms. The first-order chi connectivity index (χ1) is 8.45. The number of nitrogens with zero attached hydrogens (tertiary/aromatic N) is 1. The molecule has 0 spiro atoms. The van der Waals surface area contributed by atoms with Crippen molar-refractivity contribution in [2.24, 2.45) is 11.7 Å². The van der Waals surface area contributed by atoms with Crippen molar-refractivity contribution in [1.82, 2.24) is 4.98 Å². The van der Waals surface area contributed by atoms with Gasteiger partial charge in [0.25, 0.3) is 0 Å². The summed E-state index contributed by atoms with van der Waals surface area (Å²) in [5.74, 6) is -0.197. The Morgan fingerprint density at radius 3 is 2.78 bits per heavy atom. The average Bonchev–Trinajstić information content (AvgIpc) is 2.30. The standard InChI is InChI=1S/C12H17Cl2N3O/c1-7(4-3-5-15)12(18)17-10-8(2)6-9(13)16-11(10)14/h6-7H,3-5,15H2,1-2H3,(H,17,18). The van der Waals surface area contributed by atoms with Crippen LogP contribution in [0.25, 0.3) is 0 Å². The third-order valence-electron chi connectivity index (χ3n) is 2.68. The number of carbonyl (C=O) groups is 1. The SMILES string of the molecule is Cc1cc(Cl)nc(Cl)c1NC(=O)C(C)CCCN. The number of pyridine rings is 1. The van der Waals surface area contributed by atoms with Crippen molar-refractivity contribution in [1.29, 1.82) is 0 Å². The molecule has 0 aliphatic heterocycles. The minimum atomic E-state index is -0.111. The highest BCUT2D eigenvalue weighted by atomic mass is 35.5. The first-order valence-corrected chi connectivity index (χ1v) is 6.55. The van der Waals surface area contributed by atoms with Gasteiger partial charge in [-0.3, -0.25) is 4.79 Å². The van der Waals surface area contributed by atoms with Crippen LogP contribution in [0.2, 0.25) is 10.3 Å². The van der Waals surface area contributed by atoms with Crippen LogP contribution in [0.3, 0.4) is 0 Å². The van der Waals surface area contributed by atoms with Crippen molar-refractivity contribution in [2.45, 2.75) is 26.7 Å². The number of hydrogen-bond donors (Lipinski definition) is 2. The molecule has 4 nitrogen and oxygen atoms in total. The monoisotopic (exact) mass is 289 g/mol. The Bertz CT molecular complexity index is 414. The van der Waals surface area contributed by atoms with Gasteiger partial charge in [0.1, 0.15) is 5.15 Å². The minimum Gasteiger partial charge on any atom is -0.330 e. The van der Waals surface area contributed by atoms with Crippen molar-refractivity contribution in [3.8, 4) is 0 Å². The zero-order valence-corrected chi connectivity index (χ0v) is 12.0. The Hall–Kier alpha value is -0.840. The molecule has 1 heterocycles. The molecule has 1 unspecified atom stereocenters. The topological polar surface area (TPSA) is 68.0 Å². The number of anilines is 1. The molecule has 0 aromatic carbocycles. The zero-order chi connectivity index (χ0) is 13.7. The molecule has 1 aromatic heterocycles. The number of carbonyl (C=O) groups excluding carboxylic acids is 1. The van der Waals surface area contributed by atoms with E-state index in [2.05, 4.69) is 10.3 Å². The summed E-state index contributed by atoms with van der Waals surface area (Å²) in [7, 11) is 0. The maximum Gasteiger partial charge on any atom is 0.227 e. The van der Waals surface area contributed by atoms with E-state index in [0.717, 1.165) is 18.4 Å². The van der Waals surface area contributed by atoms with Crippen LogP contribution in [0.5, 0.6) is 0 Å². The summed E-state index contributed by atoms with van der Waals surface area (Å²) in [6.07, 6.45) is 1.57. The van der Waals surface area contributed by atoms with E-state index >= 15 is 0 Å². The molecule has 6 heteroatoms. The molecule has 0 saturated carbocycles. The van der Waals surface area contributed by atoms with Crippen LogP contribution >= 0.6 is 23.2 Å². The lowest BCUT2D eigenvalue weighted by Gasteiger charge is -2.14. The van der Waals surface area contributed by atoms with Crippen LogP contribution in [0, 0.1) is 12.8 Å². The number of nitrogens with one attached hydrogen (secondary N) is 1. The second-order valence-electron chi connectivity index (χ2n) is 4.25. The Morgan fingerprint density at radius 1 is 1.56 bits per heavy atom. The highest BCUT2D eigenvalue weighted by Gasteiger charge is 2.16. The van der Waals surface area contributed by atoms with Crippen LogP contribution in [0.1, 0.15) is 25.3 Å². The number of aryl methyl sites for hydroxylation is 1. The fourth-order valence-corrected chi connectivity index (χ4v) is 2.13. The van der Waals surface area contributed by atoms with E-state index < -0.39 is 0 Å². The lowest BCUT2D eigenvalue weighted by atomic mass is 10.0. The van der Waals surface area contributed by atoms with Gasteiger partial charge < -0.3 is 11.1 Å². The molecule has 0 saturated heterocycles. The van der Waals surface area contributed by atoms with Crippen LogP contribution in [-0.4, -0.2) is 17.4 Å². The lowest BCUT2D eigenvalue weighted by Crippen LogP contribution is -2.22. The fourth-order valence-electron chi connectivity index (χ4n) is 1.55. The molecule has 0 fully saturated rings. The van der Waals surface area contributed by atoms with Crippen LogP contribution in [0.4, 0.5) is 5.69 Å². The third kappa shape index (κ3) is 4.12. The summed E-state index contributed by atoms with van der Waals surface area (Å²) in [6.45, 7) is 4.26. The Morgan fingerprint density at radius 2 is 2.22 bits per heavy atom. The molecule has 1 aromatic rings. The number of amides is 1. The van der Waals surface area contributed by atoms with E-state index in [1.165, 1.54) is 0 Å². The van der Waals surface area contributed by atoms with E-state index in [-0.39, 0.29) is 17.0 Å². The highest BCUT2D eigenvalue weighted by Crippen LogP contribution is 2.27. The van der Waals surface area contributed by atoms with E-state index in [1.807, 2.05) is 13.8 Å². The maximum absolute atomic E-state index is 11.9. The van der Waals surface area contributed by atoms with E-state index in [0.29, 0.717) is 17.4 Å². The van der Waals surface area contributed by atoms with Crippen LogP contribution in [0.15, 0.2) is 6.07 Å². The van der Waals surface area contributed by atoms with Gasteiger partial charge in [-0.1, -0.05) is 30.1 Å². The highest BCUT2D eigenvalue weighted by molar-refractivity contribution is 6.34. The fraction of sp³-hybridized carbons (Fsp3) is 0.500. The summed E-state index contributed by atoms with van der Waals surface area (Å²) < 4.78 is 0. The van der Waals surface area contributed by atoms with Gasteiger partial charge in [-0.25, -0.2) is 4.98 Å². The summed E-state index contributed by atoms with van der Waals surface area (Å²) in [5, 5.41) is 3.30. The quantitative estimate of drug-likeness (QED) is 0.819. The Balaban J connectivity index is 2.76. The van der Waals surface area contributed by atoms with Crippen molar-refractivity contribution in [3.05, 3.63) is 21.9 Å². The summed E-state index contributed by atoms with van der Waals surface area (Å²) in [4.78, 5) is 15.8. The normalized spacial score (nSPS) is 12.3.